The second kappa shape index (κ2) is 4.09. The van der Waals surface area contributed by atoms with Gasteiger partial charge in [0, 0.05) is 16.5 Å². The predicted molar refractivity (Wildman–Crippen MR) is 86.3 cm³/mol. The Kier molecular flexibility index (Phi) is 2.38. The molecule has 2 aromatic rings. The van der Waals surface area contributed by atoms with Crippen LogP contribution in [-0.4, -0.2) is 4.98 Å². The molecule has 4 bridgehead atoms. The zero-order chi connectivity index (χ0) is 14.0. The number of aromatic nitrogens is 1. The average molecular weight is 277 g/mol. The van der Waals surface area contributed by atoms with E-state index in [1.165, 1.54) is 60.7 Å². The Balaban J connectivity index is 1.67. The van der Waals surface area contributed by atoms with Crippen molar-refractivity contribution in [2.45, 2.75) is 50.9 Å². The van der Waals surface area contributed by atoms with Gasteiger partial charge in [-0.1, -0.05) is 18.2 Å². The highest BCUT2D eigenvalue weighted by molar-refractivity contribution is 5.82. The first kappa shape index (κ1) is 12.2. The lowest BCUT2D eigenvalue weighted by Gasteiger charge is -2.56. The van der Waals surface area contributed by atoms with Gasteiger partial charge < -0.3 is 0 Å². The third-order valence-corrected chi connectivity index (χ3v) is 6.50. The molecule has 0 unspecified atom stereocenters. The molecule has 1 nitrogen and oxygen atoms in total. The summed E-state index contributed by atoms with van der Waals surface area (Å²) in [6.07, 6.45) is 8.74. The van der Waals surface area contributed by atoms with E-state index in [-0.39, 0.29) is 0 Å². The second-order valence-electron chi connectivity index (χ2n) is 8.04. The smallest absolute Gasteiger partial charge is 0.0708 e. The van der Waals surface area contributed by atoms with Crippen LogP contribution in [0.4, 0.5) is 0 Å². The van der Waals surface area contributed by atoms with E-state index in [1.54, 1.807) is 0 Å². The zero-order valence-electron chi connectivity index (χ0n) is 12.8. The lowest BCUT2D eigenvalue weighted by molar-refractivity contribution is -0.00708. The van der Waals surface area contributed by atoms with Gasteiger partial charge in [-0.15, -0.1) is 0 Å². The van der Waals surface area contributed by atoms with Crippen molar-refractivity contribution in [3.8, 4) is 0 Å². The van der Waals surface area contributed by atoms with Crippen molar-refractivity contribution in [1.82, 2.24) is 4.98 Å². The van der Waals surface area contributed by atoms with Crippen LogP contribution < -0.4 is 0 Å². The fourth-order valence-electron chi connectivity index (χ4n) is 6.05. The Morgan fingerprint density at radius 3 is 2.24 bits per heavy atom. The Hall–Kier alpha value is -1.37. The first-order valence-corrected chi connectivity index (χ1v) is 8.59. The summed E-state index contributed by atoms with van der Waals surface area (Å²) in [5.41, 5.74) is 4.44. The van der Waals surface area contributed by atoms with Crippen molar-refractivity contribution < 1.29 is 0 Å². The van der Waals surface area contributed by atoms with Gasteiger partial charge in [0.1, 0.15) is 0 Å². The summed E-state index contributed by atoms with van der Waals surface area (Å²) in [6, 6.07) is 11.1. The highest BCUT2D eigenvalue weighted by Crippen LogP contribution is 2.60. The molecule has 4 aliphatic carbocycles. The lowest BCUT2D eigenvalue weighted by Crippen LogP contribution is -2.49. The van der Waals surface area contributed by atoms with E-state index in [0.717, 1.165) is 17.8 Å². The average Bonchev–Trinajstić information content (AvgIpc) is 2.46. The third kappa shape index (κ3) is 1.73. The Bertz CT molecular complexity index is 680. The molecule has 4 fully saturated rings. The number of hydrogen-bond acceptors (Lipinski definition) is 1. The van der Waals surface area contributed by atoms with E-state index in [2.05, 4.69) is 37.3 Å². The molecule has 1 aromatic heterocycles. The van der Waals surface area contributed by atoms with Gasteiger partial charge in [-0.25, -0.2) is 0 Å². The van der Waals surface area contributed by atoms with E-state index in [1.807, 2.05) is 0 Å². The van der Waals surface area contributed by atoms with Crippen LogP contribution in [0.1, 0.15) is 49.8 Å². The summed E-state index contributed by atoms with van der Waals surface area (Å²) in [6.45, 7) is 2.26. The molecule has 0 radical (unpaired) electrons. The highest BCUT2D eigenvalue weighted by atomic mass is 14.8. The Morgan fingerprint density at radius 2 is 1.57 bits per heavy atom. The summed E-state index contributed by atoms with van der Waals surface area (Å²) in [7, 11) is 0. The van der Waals surface area contributed by atoms with Gasteiger partial charge in [-0.05, 0) is 80.9 Å². The lowest BCUT2D eigenvalue weighted by atomic mass is 9.48. The molecule has 4 aliphatic rings. The van der Waals surface area contributed by atoms with Gasteiger partial charge in [-0.2, -0.15) is 0 Å². The molecule has 0 spiro atoms. The third-order valence-electron chi connectivity index (χ3n) is 6.50. The molecule has 1 aromatic carbocycles. The Labute approximate surface area is 126 Å². The van der Waals surface area contributed by atoms with Gasteiger partial charge in [-0.3, -0.25) is 4.98 Å². The number of hydrogen-bond donors (Lipinski definition) is 0. The van der Waals surface area contributed by atoms with Gasteiger partial charge >= 0.3 is 0 Å². The van der Waals surface area contributed by atoms with E-state index >= 15 is 0 Å². The molecule has 0 saturated heterocycles. The fourth-order valence-corrected chi connectivity index (χ4v) is 6.05. The molecule has 4 saturated carbocycles. The van der Waals surface area contributed by atoms with Crippen molar-refractivity contribution in [1.29, 1.82) is 0 Å². The van der Waals surface area contributed by atoms with Gasteiger partial charge in [0.25, 0.3) is 0 Å². The van der Waals surface area contributed by atoms with Crippen molar-refractivity contribution >= 4 is 10.9 Å². The van der Waals surface area contributed by atoms with Crippen LogP contribution in [-0.2, 0) is 5.41 Å². The molecule has 21 heavy (non-hydrogen) atoms. The summed E-state index contributed by atoms with van der Waals surface area (Å²) in [5.74, 6) is 2.97. The molecular formula is C20H23N. The molecular weight excluding hydrogens is 254 g/mol. The van der Waals surface area contributed by atoms with E-state index in [0.29, 0.717) is 5.41 Å². The van der Waals surface area contributed by atoms with Crippen molar-refractivity contribution in [2.75, 3.05) is 0 Å². The van der Waals surface area contributed by atoms with Crippen LogP contribution in [0.2, 0.25) is 0 Å². The maximum absolute atomic E-state index is 5.13. The molecule has 1 heteroatoms. The van der Waals surface area contributed by atoms with Crippen molar-refractivity contribution in [3.05, 3.63) is 41.6 Å². The topological polar surface area (TPSA) is 12.9 Å². The monoisotopic (exact) mass is 277 g/mol. The van der Waals surface area contributed by atoms with Crippen molar-refractivity contribution in [2.24, 2.45) is 17.8 Å². The van der Waals surface area contributed by atoms with E-state index < -0.39 is 0 Å². The summed E-state index contributed by atoms with van der Waals surface area (Å²) in [5, 5.41) is 1.32. The number of nitrogens with zero attached hydrogens (tertiary/aromatic N) is 1. The maximum atomic E-state index is 5.13. The normalized spacial score (nSPS) is 37.3. The first-order valence-electron chi connectivity index (χ1n) is 8.59. The fraction of sp³-hybridized carbons (Fsp3) is 0.550. The number of para-hydroxylation sites is 1. The first-order chi connectivity index (χ1) is 10.2. The minimum atomic E-state index is 0.420. The largest absolute Gasteiger partial charge is 0.252 e. The highest BCUT2D eigenvalue weighted by Gasteiger charge is 2.52. The number of fused-ring (bicyclic) bond motifs is 1. The summed E-state index contributed by atoms with van der Waals surface area (Å²) < 4.78 is 0. The van der Waals surface area contributed by atoms with Gasteiger partial charge in [0.15, 0.2) is 0 Å². The van der Waals surface area contributed by atoms with Crippen LogP contribution in [0.25, 0.3) is 10.9 Å². The quantitative estimate of drug-likeness (QED) is 0.714. The van der Waals surface area contributed by atoms with Crippen LogP contribution >= 0.6 is 0 Å². The molecule has 0 aliphatic heterocycles. The second-order valence-corrected chi connectivity index (χ2v) is 8.04. The molecule has 0 amide bonds. The zero-order valence-corrected chi connectivity index (χ0v) is 12.8. The SMILES string of the molecule is Cc1cc(C23CC4CC(CC(C4)C2)C3)nc2ccccc12. The minimum absolute atomic E-state index is 0.420. The molecule has 0 atom stereocenters. The van der Waals surface area contributed by atoms with Crippen LogP contribution in [0.15, 0.2) is 30.3 Å². The molecule has 0 N–H and O–H groups in total. The molecule has 108 valence electrons. The predicted octanol–water partition coefficient (Wildman–Crippen LogP) is 5.01. The van der Waals surface area contributed by atoms with Crippen LogP contribution in [0.5, 0.6) is 0 Å². The van der Waals surface area contributed by atoms with Crippen LogP contribution in [0, 0.1) is 24.7 Å². The maximum Gasteiger partial charge on any atom is 0.0708 e. The van der Waals surface area contributed by atoms with Gasteiger partial charge in [0.2, 0.25) is 0 Å². The number of aryl methyl sites for hydroxylation is 1. The number of rotatable bonds is 1. The number of benzene rings is 1. The van der Waals surface area contributed by atoms with Crippen LogP contribution in [0.3, 0.4) is 0 Å². The minimum Gasteiger partial charge on any atom is -0.252 e. The van der Waals surface area contributed by atoms with Crippen molar-refractivity contribution in [3.63, 3.8) is 0 Å². The molecule has 1 heterocycles. The summed E-state index contributed by atoms with van der Waals surface area (Å²) >= 11 is 0. The summed E-state index contributed by atoms with van der Waals surface area (Å²) in [4.78, 5) is 5.13. The van der Waals surface area contributed by atoms with Gasteiger partial charge in [0.05, 0.1) is 5.52 Å². The van der Waals surface area contributed by atoms with E-state index in [4.69, 9.17) is 4.98 Å². The standard InChI is InChI=1S/C20H23N/c1-13-6-19(21-18-5-3-2-4-17(13)18)20-10-14-7-15(11-20)9-16(8-14)12-20/h2-6,14-16H,7-12H2,1H3. The Morgan fingerprint density at radius 1 is 0.952 bits per heavy atom. The number of pyridine rings is 1. The molecule has 6 rings (SSSR count). The van der Waals surface area contributed by atoms with E-state index in [9.17, 15) is 0 Å².